The second-order valence-corrected chi connectivity index (χ2v) is 5.64. The molecule has 0 aromatic heterocycles. The zero-order chi connectivity index (χ0) is 16.5. The Morgan fingerprint density at radius 1 is 1.13 bits per heavy atom. The number of benzene rings is 2. The van der Waals surface area contributed by atoms with Crippen LogP contribution in [0.2, 0.25) is 0 Å². The number of carbonyl (C=O) groups is 1. The topological polar surface area (TPSA) is 64.9 Å². The van der Waals surface area contributed by atoms with Crippen LogP contribution in [0.4, 0.5) is 5.69 Å². The number of para-hydroxylation sites is 1. The highest BCUT2D eigenvalue weighted by molar-refractivity contribution is 9.10. The Kier molecular flexibility index (Phi) is 6.40. The fraction of sp³-hybridized carbons (Fsp3) is 0.111. The maximum atomic E-state index is 12.0. The average molecular weight is 370 g/mol. The van der Waals surface area contributed by atoms with E-state index in [1.807, 2.05) is 60.7 Å². The van der Waals surface area contributed by atoms with Crippen LogP contribution in [0.3, 0.4) is 0 Å². The molecule has 4 nitrogen and oxygen atoms in total. The average Bonchev–Trinajstić information content (AvgIpc) is 2.58. The van der Waals surface area contributed by atoms with E-state index in [0.717, 1.165) is 22.1 Å². The normalized spacial score (nSPS) is 10.7. The monoisotopic (exact) mass is 369 g/mol. The standard InChI is InChI=1S/C18H16BrN3O/c19-16-8-4-5-9-17(16)22-13-15(12-20)18(23)21-11-10-14-6-2-1-3-7-14/h1-9,13,22H,10-11H2,(H,21,23)/b15-13-. The third-order valence-electron chi connectivity index (χ3n) is 3.15. The van der Waals surface area contributed by atoms with Crippen LogP contribution in [0.15, 0.2) is 70.8 Å². The molecule has 0 radical (unpaired) electrons. The summed E-state index contributed by atoms with van der Waals surface area (Å²) in [4.78, 5) is 12.0. The van der Waals surface area contributed by atoms with Gasteiger partial charge in [0.1, 0.15) is 11.6 Å². The molecule has 0 aliphatic heterocycles. The number of halogens is 1. The highest BCUT2D eigenvalue weighted by Crippen LogP contribution is 2.21. The Balaban J connectivity index is 1.90. The van der Waals surface area contributed by atoms with Crippen molar-refractivity contribution in [2.75, 3.05) is 11.9 Å². The van der Waals surface area contributed by atoms with Crippen molar-refractivity contribution < 1.29 is 4.79 Å². The predicted molar refractivity (Wildman–Crippen MR) is 94.6 cm³/mol. The molecule has 5 heteroatoms. The Morgan fingerprint density at radius 2 is 1.83 bits per heavy atom. The van der Waals surface area contributed by atoms with Gasteiger partial charge in [0.05, 0.1) is 5.69 Å². The van der Waals surface area contributed by atoms with Crippen molar-refractivity contribution in [3.63, 3.8) is 0 Å². The van der Waals surface area contributed by atoms with Crippen molar-refractivity contribution in [3.8, 4) is 6.07 Å². The van der Waals surface area contributed by atoms with Crippen molar-refractivity contribution >= 4 is 27.5 Å². The van der Waals surface area contributed by atoms with Gasteiger partial charge in [-0.25, -0.2) is 0 Å². The molecule has 116 valence electrons. The van der Waals surface area contributed by atoms with Gasteiger partial charge in [-0.15, -0.1) is 0 Å². The number of amides is 1. The molecule has 0 spiro atoms. The van der Waals surface area contributed by atoms with E-state index in [1.165, 1.54) is 6.20 Å². The van der Waals surface area contributed by atoms with Gasteiger partial charge < -0.3 is 10.6 Å². The fourth-order valence-electron chi connectivity index (χ4n) is 1.94. The quantitative estimate of drug-likeness (QED) is 0.603. The van der Waals surface area contributed by atoms with E-state index in [2.05, 4.69) is 26.6 Å². The van der Waals surface area contributed by atoms with E-state index < -0.39 is 0 Å². The van der Waals surface area contributed by atoms with Crippen molar-refractivity contribution in [1.29, 1.82) is 5.26 Å². The van der Waals surface area contributed by atoms with E-state index in [1.54, 1.807) is 0 Å². The molecule has 1 amide bonds. The van der Waals surface area contributed by atoms with Gasteiger partial charge in [0.25, 0.3) is 5.91 Å². The molecule has 0 saturated carbocycles. The molecule has 23 heavy (non-hydrogen) atoms. The molecule has 0 aliphatic carbocycles. The smallest absolute Gasteiger partial charge is 0.263 e. The molecule has 0 bridgehead atoms. The van der Waals surface area contributed by atoms with E-state index in [9.17, 15) is 4.79 Å². The van der Waals surface area contributed by atoms with E-state index in [-0.39, 0.29) is 11.5 Å². The summed E-state index contributed by atoms with van der Waals surface area (Å²) in [5.74, 6) is -0.386. The van der Waals surface area contributed by atoms with Gasteiger partial charge in [-0.3, -0.25) is 4.79 Å². The lowest BCUT2D eigenvalue weighted by atomic mass is 10.1. The summed E-state index contributed by atoms with van der Waals surface area (Å²) in [5, 5.41) is 14.8. The molecule has 2 rings (SSSR count). The summed E-state index contributed by atoms with van der Waals surface area (Å²) in [6.45, 7) is 0.483. The molecule has 0 saturated heterocycles. The van der Waals surface area contributed by atoms with E-state index >= 15 is 0 Å². The van der Waals surface area contributed by atoms with Crippen LogP contribution in [-0.2, 0) is 11.2 Å². The first-order valence-corrected chi connectivity index (χ1v) is 7.93. The third kappa shape index (κ3) is 5.28. The molecule has 2 aromatic carbocycles. The van der Waals surface area contributed by atoms with Gasteiger partial charge in [0, 0.05) is 17.2 Å². The maximum Gasteiger partial charge on any atom is 0.263 e. The first-order valence-electron chi connectivity index (χ1n) is 7.14. The first kappa shape index (κ1) is 16.8. The summed E-state index contributed by atoms with van der Waals surface area (Å²) < 4.78 is 0.859. The highest BCUT2D eigenvalue weighted by Gasteiger charge is 2.08. The van der Waals surface area contributed by atoms with Crippen molar-refractivity contribution in [2.24, 2.45) is 0 Å². The minimum absolute atomic E-state index is 0.0359. The minimum Gasteiger partial charge on any atom is -0.359 e. The molecule has 2 N–H and O–H groups in total. The fourth-order valence-corrected chi connectivity index (χ4v) is 2.34. The van der Waals surface area contributed by atoms with Crippen molar-refractivity contribution in [3.05, 3.63) is 76.4 Å². The van der Waals surface area contributed by atoms with Crippen LogP contribution in [-0.4, -0.2) is 12.5 Å². The second kappa shape index (κ2) is 8.76. The molecule has 2 aromatic rings. The SMILES string of the molecule is N#C/C(=C/Nc1ccccc1Br)C(=O)NCCc1ccccc1. The summed E-state index contributed by atoms with van der Waals surface area (Å²) in [6.07, 6.45) is 2.14. The zero-order valence-corrected chi connectivity index (χ0v) is 14.0. The van der Waals surface area contributed by atoms with Gasteiger partial charge in [-0.1, -0.05) is 42.5 Å². The number of nitrogens with zero attached hydrogens (tertiary/aromatic N) is 1. The Hall–Kier alpha value is -2.58. The molecule has 0 heterocycles. The summed E-state index contributed by atoms with van der Waals surface area (Å²) in [7, 11) is 0. The lowest BCUT2D eigenvalue weighted by Crippen LogP contribution is -2.27. The van der Waals surface area contributed by atoms with Crippen molar-refractivity contribution in [2.45, 2.75) is 6.42 Å². The number of nitriles is 1. The van der Waals surface area contributed by atoms with Crippen LogP contribution < -0.4 is 10.6 Å². The van der Waals surface area contributed by atoms with Crippen LogP contribution in [0.5, 0.6) is 0 Å². The molecule has 0 unspecified atom stereocenters. The lowest BCUT2D eigenvalue weighted by molar-refractivity contribution is -0.117. The highest BCUT2D eigenvalue weighted by atomic mass is 79.9. The van der Waals surface area contributed by atoms with E-state index in [0.29, 0.717) is 6.54 Å². The molecular formula is C18H16BrN3O. The summed E-state index contributed by atoms with van der Waals surface area (Å²) in [6, 6.07) is 19.3. The Labute approximate surface area is 144 Å². The molecular weight excluding hydrogens is 354 g/mol. The lowest BCUT2D eigenvalue weighted by Gasteiger charge is -2.06. The number of hydrogen-bond donors (Lipinski definition) is 2. The van der Waals surface area contributed by atoms with Gasteiger partial charge in [-0.2, -0.15) is 5.26 Å². The van der Waals surface area contributed by atoms with Crippen LogP contribution in [0, 0.1) is 11.3 Å². The second-order valence-electron chi connectivity index (χ2n) is 4.79. The van der Waals surface area contributed by atoms with Gasteiger partial charge in [0.2, 0.25) is 0 Å². The molecule has 0 fully saturated rings. The van der Waals surface area contributed by atoms with Gasteiger partial charge in [-0.05, 0) is 40.0 Å². The number of rotatable bonds is 6. The first-order chi connectivity index (χ1) is 11.2. The van der Waals surface area contributed by atoms with Crippen molar-refractivity contribution in [1.82, 2.24) is 5.32 Å². The maximum absolute atomic E-state index is 12.0. The predicted octanol–water partition coefficient (Wildman–Crippen LogP) is 3.63. The summed E-state index contributed by atoms with van der Waals surface area (Å²) >= 11 is 3.40. The number of anilines is 1. The molecule has 0 atom stereocenters. The van der Waals surface area contributed by atoms with Crippen LogP contribution in [0.25, 0.3) is 0 Å². The number of hydrogen-bond acceptors (Lipinski definition) is 3. The van der Waals surface area contributed by atoms with Crippen LogP contribution in [0.1, 0.15) is 5.56 Å². The Bertz CT molecular complexity index is 735. The Morgan fingerprint density at radius 3 is 2.52 bits per heavy atom. The van der Waals surface area contributed by atoms with Crippen LogP contribution >= 0.6 is 15.9 Å². The minimum atomic E-state index is -0.386. The third-order valence-corrected chi connectivity index (χ3v) is 3.84. The zero-order valence-electron chi connectivity index (χ0n) is 12.4. The summed E-state index contributed by atoms with van der Waals surface area (Å²) in [5.41, 5.74) is 1.97. The number of carbonyl (C=O) groups excluding carboxylic acids is 1. The van der Waals surface area contributed by atoms with Gasteiger partial charge in [0.15, 0.2) is 0 Å². The largest absolute Gasteiger partial charge is 0.359 e. The van der Waals surface area contributed by atoms with Gasteiger partial charge >= 0.3 is 0 Å². The number of nitrogens with one attached hydrogen (secondary N) is 2. The van der Waals surface area contributed by atoms with E-state index in [4.69, 9.17) is 5.26 Å². The molecule has 0 aliphatic rings.